The third kappa shape index (κ3) is 3.19. The van der Waals surface area contributed by atoms with Crippen LogP contribution in [0.4, 0.5) is 11.4 Å². The predicted molar refractivity (Wildman–Crippen MR) is 79.9 cm³/mol. The summed E-state index contributed by atoms with van der Waals surface area (Å²) in [4.78, 5) is 2.25. The number of anilines is 2. The number of nitrogens with zero attached hydrogens (tertiary/aromatic N) is 1. The van der Waals surface area contributed by atoms with Crippen LogP contribution >= 0.6 is 0 Å². The van der Waals surface area contributed by atoms with E-state index in [1.807, 2.05) is 7.05 Å². The molecule has 0 bridgehead atoms. The van der Waals surface area contributed by atoms with Gasteiger partial charge in [-0.25, -0.2) is 13.1 Å². The van der Waals surface area contributed by atoms with Gasteiger partial charge >= 0.3 is 0 Å². The Hall–Kier alpha value is -1.27. The minimum absolute atomic E-state index is 0.0441. The molecule has 0 radical (unpaired) electrons. The summed E-state index contributed by atoms with van der Waals surface area (Å²) < 4.78 is 25.7. The van der Waals surface area contributed by atoms with Gasteiger partial charge < -0.3 is 10.6 Å². The summed E-state index contributed by atoms with van der Waals surface area (Å²) in [5, 5.41) is 0. The Morgan fingerprint density at radius 1 is 1.37 bits per heavy atom. The first-order valence-corrected chi connectivity index (χ1v) is 7.71. The highest BCUT2D eigenvalue weighted by molar-refractivity contribution is 7.89. The van der Waals surface area contributed by atoms with Gasteiger partial charge in [0.2, 0.25) is 10.0 Å². The SMILES string of the molecule is CCC(C)(C)N(C)c1ccc(S(=O)(=O)NC)cc1N. The highest BCUT2D eigenvalue weighted by atomic mass is 32.2. The number of nitrogen functional groups attached to an aromatic ring is 1. The number of hydrogen-bond acceptors (Lipinski definition) is 4. The molecule has 0 amide bonds. The van der Waals surface area contributed by atoms with Crippen molar-refractivity contribution in [3.63, 3.8) is 0 Å². The molecule has 0 heterocycles. The van der Waals surface area contributed by atoms with E-state index in [0.717, 1.165) is 12.1 Å². The molecule has 0 spiro atoms. The zero-order valence-corrected chi connectivity index (χ0v) is 13.0. The van der Waals surface area contributed by atoms with Crippen molar-refractivity contribution in [3.05, 3.63) is 18.2 Å². The first-order chi connectivity index (χ1) is 8.65. The van der Waals surface area contributed by atoms with E-state index in [1.54, 1.807) is 12.1 Å². The average Bonchev–Trinajstić information content (AvgIpc) is 2.37. The van der Waals surface area contributed by atoms with Crippen LogP contribution in [0.3, 0.4) is 0 Å². The van der Waals surface area contributed by atoms with Crippen molar-refractivity contribution in [1.29, 1.82) is 0 Å². The minimum Gasteiger partial charge on any atom is -0.397 e. The molecule has 19 heavy (non-hydrogen) atoms. The number of nitrogens with two attached hydrogens (primary N) is 1. The lowest BCUT2D eigenvalue weighted by Crippen LogP contribution is -2.40. The van der Waals surface area contributed by atoms with Gasteiger partial charge in [0.05, 0.1) is 16.3 Å². The second kappa shape index (κ2) is 5.38. The largest absolute Gasteiger partial charge is 0.397 e. The third-order valence-corrected chi connectivity index (χ3v) is 5.12. The molecule has 1 rings (SSSR count). The Morgan fingerprint density at radius 3 is 2.37 bits per heavy atom. The van der Waals surface area contributed by atoms with Crippen molar-refractivity contribution in [2.24, 2.45) is 0 Å². The van der Waals surface area contributed by atoms with Gasteiger partial charge in [0.25, 0.3) is 0 Å². The third-order valence-electron chi connectivity index (χ3n) is 3.71. The van der Waals surface area contributed by atoms with E-state index in [4.69, 9.17) is 5.73 Å². The summed E-state index contributed by atoms with van der Waals surface area (Å²) in [6.45, 7) is 6.34. The maximum atomic E-state index is 11.7. The van der Waals surface area contributed by atoms with Gasteiger partial charge in [0.1, 0.15) is 0 Å². The zero-order chi connectivity index (χ0) is 14.8. The maximum Gasteiger partial charge on any atom is 0.240 e. The molecule has 0 fully saturated rings. The number of hydrogen-bond donors (Lipinski definition) is 2. The monoisotopic (exact) mass is 285 g/mol. The molecule has 1 aromatic rings. The summed E-state index contributed by atoms with van der Waals surface area (Å²) in [6, 6.07) is 4.81. The molecule has 0 aliphatic rings. The predicted octanol–water partition coefficient (Wildman–Crippen LogP) is 1.80. The standard InChI is InChI=1S/C13H23N3O2S/c1-6-13(2,3)16(5)12-8-7-10(9-11(12)14)19(17,18)15-4/h7-9,15H,6,14H2,1-5H3. The summed E-state index contributed by atoms with van der Waals surface area (Å²) in [5.74, 6) is 0. The Labute approximate surface area is 115 Å². The fourth-order valence-electron chi connectivity index (χ4n) is 1.69. The van der Waals surface area contributed by atoms with Crippen LogP contribution in [0.15, 0.2) is 23.1 Å². The number of benzene rings is 1. The molecule has 0 aromatic heterocycles. The van der Waals surface area contributed by atoms with E-state index in [-0.39, 0.29) is 10.4 Å². The molecule has 0 atom stereocenters. The van der Waals surface area contributed by atoms with Gasteiger partial charge in [0.15, 0.2) is 0 Å². The van der Waals surface area contributed by atoms with Crippen molar-refractivity contribution < 1.29 is 8.42 Å². The fourth-order valence-corrected chi connectivity index (χ4v) is 2.45. The molecule has 0 saturated heterocycles. The maximum absolute atomic E-state index is 11.7. The summed E-state index contributed by atoms with van der Waals surface area (Å²) in [5.41, 5.74) is 7.24. The smallest absolute Gasteiger partial charge is 0.240 e. The van der Waals surface area contributed by atoms with Crippen LogP contribution in [0.5, 0.6) is 0 Å². The van der Waals surface area contributed by atoms with Gasteiger partial charge in [-0.1, -0.05) is 6.92 Å². The van der Waals surface area contributed by atoms with Gasteiger partial charge in [-0.15, -0.1) is 0 Å². The van der Waals surface area contributed by atoms with E-state index in [1.165, 1.54) is 13.1 Å². The van der Waals surface area contributed by atoms with Crippen molar-refractivity contribution in [1.82, 2.24) is 4.72 Å². The molecule has 0 aliphatic heterocycles. The first kappa shape index (κ1) is 15.8. The van der Waals surface area contributed by atoms with E-state index in [9.17, 15) is 8.42 Å². The van der Waals surface area contributed by atoms with Crippen LogP contribution in [0.25, 0.3) is 0 Å². The normalized spacial score (nSPS) is 12.5. The first-order valence-electron chi connectivity index (χ1n) is 6.22. The molecule has 1 aromatic carbocycles. The van der Waals surface area contributed by atoms with E-state index in [0.29, 0.717) is 5.69 Å². The van der Waals surface area contributed by atoms with Crippen LogP contribution in [-0.2, 0) is 10.0 Å². The lowest BCUT2D eigenvalue weighted by Gasteiger charge is -2.37. The Balaban J connectivity index is 3.22. The number of nitrogens with one attached hydrogen (secondary N) is 1. The molecule has 108 valence electrons. The van der Waals surface area contributed by atoms with Gasteiger partial charge in [-0.2, -0.15) is 0 Å². The van der Waals surface area contributed by atoms with Crippen LogP contribution in [-0.4, -0.2) is 28.1 Å². The summed E-state index contributed by atoms with van der Waals surface area (Å²) in [6.07, 6.45) is 0.958. The second-order valence-corrected chi connectivity index (χ2v) is 7.04. The molecule has 0 unspecified atom stereocenters. The lowest BCUT2D eigenvalue weighted by molar-refractivity contribution is 0.471. The van der Waals surface area contributed by atoms with Gasteiger partial charge in [0, 0.05) is 12.6 Å². The topological polar surface area (TPSA) is 75.4 Å². The van der Waals surface area contributed by atoms with Gasteiger partial charge in [-0.3, -0.25) is 0 Å². The Kier molecular flexibility index (Phi) is 4.47. The highest BCUT2D eigenvalue weighted by Crippen LogP contribution is 2.31. The van der Waals surface area contributed by atoms with Crippen molar-refractivity contribution in [3.8, 4) is 0 Å². The lowest BCUT2D eigenvalue weighted by atomic mass is 9.99. The molecule has 3 N–H and O–H groups in total. The molecular weight excluding hydrogens is 262 g/mol. The quantitative estimate of drug-likeness (QED) is 0.809. The van der Waals surface area contributed by atoms with Crippen molar-refractivity contribution in [2.75, 3.05) is 24.7 Å². The molecule has 0 saturated carbocycles. The molecule has 6 heteroatoms. The summed E-state index contributed by atoms with van der Waals surface area (Å²) >= 11 is 0. The van der Waals surface area contributed by atoms with E-state index < -0.39 is 10.0 Å². The van der Waals surface area contributed by atoms with Crippen molar-refractivity contribution in [2.45, 2.75) is 37.6 Å². The second-order valence-electron chi connectivity index (χ2n) is 5.15. The summed E-state index contributed by atoms with van der Waals surface area (Å²) in [7, 11) is -0.112. The zero-order valence-electron chi connectivity index (χ0n) is 12.2. The van der Waals surface area contributed by atoms with Crippen LogP contribution in [0, 0.1) is 0 Å². The van der Waals surface area contributed by atoms with E-state index >= 15 is 0 Å². The Bertz CT molecular complexity index is 553. The minimum atomic E-state index is -3.45. The molecule has 5 nitrogen and oxygen atoms in total. The van der Waals surface area contributed by atoms with Crippen LogP contribution in [0.2, 0.25) is 0 Å². The molecule has 0 aliphatic carbocycles. The van der Waals surface area contributed by atoms with Crippen molar-refractivity contribution >= 4 is 21.4 Å². The van der Waals surface area contributed by atoms with E-state index in [2.05, 4.69) is 30.4 Å². The number of sulfonamides is 1. The van der Waals surface area contributed by atoms with Crippen LogP contribution < -0.4 is 15.4 Å². The molecular formula is C13H23N3O2S. The van der Waals surface area contributed by atoms with Crippen LogP contribution in [0.1, 0.15) is 27.2 Å². The Morgan fingerprint density at radius 2 is 1.95 bits per heavy atom. The van der Waals surface area contributed by atoms with Gasteiger partial charge in [-0.05, 0) is 45.5 Å². The fraction of sp³-hybridized carbons (Fsp3) is 0.538. The number of rotatable bonds is 5. The average molecular weight is 285 g/mol. The highest BCUT2D eigenvalue weighted by Gasteiger charge is 2.23.